The second-order valence-corrected chi connectivity index (χ2v) is 5.59. The zero-order valence-corrected chi connectivity index (χ0v) is 14.5. The van der Waals surface area contributed by atoms with Crippen molar-refractivity contribution in [3.05, 3.63) is 39.1 Å². The first-order valence-electron chi connectivity index (χ1n) is 6.33. The molecule has 0 fully saturated rings. The van der Waals surface area contributed by atoms with Crippen LogP contribution in [-0.4, -0.2) is 30.3 Å². The quantitative estimate of drug-likeness (QED) is 0.844. The number of aryl methyl sites for hydroxylation is 1. The van der Waals surface area contributed by atoms with Crippen LogP contribution in [0.25, 0.3) is 0 Å². The van der Waals surface area contributed by atoms with Gasteiger partial charge < -0.3 is 15.4 Å². The summed E-state index contributed by atoms with van der Waals surface area (Å²) in [5.41, 5.74) is 2.29. The largest absolute Gasteiger partial charge is 0.493 e. The molecule has 1 aromatic carbocycles. The number of hydrogen-bond donors (Lipinski definition) is 2. The van der Waals surface area contributed by atoms with Gasteiger partial charge in [0.05, 0.1) is 23.0 Å². The highest BCUT2D eigenvalue weighted by Gasteiger charge is 2.17. The summed E-state index contributed by atoms with van der Waals surface area (Å²) in [6.07, 6.45) is 0. The van der Waals surface area contributed by atoms with Crippen molar-refractivity contribution in [2.75, 3.05) is 19.5 Å². The highest BCUT2D eigenvalue weighted by molar-refractivity contribution is 9.10. The Labute approximate surface area is 141 Å². The Morgan fingerprint density at radius 2 is 2.05 bits per heavy atom. The summed E-state index contributed by atoms with van der Waals surface area (Å²) in [5.74, 6) is 0.257. The molecule has 0 aliphatic heterocycles. The van der Waals surface area contributed by atoms with Crippen LogP contribution in [0.3, 0.4) is 0 Å². The molecule has 116 valence electrons. The van der Waals surface area contributed by atoms with Gasteiger partial charge in [-0.1, -0.05) is 17.7 Å². The van der Waals surface area contributed by atoms with Crippen LogP contribution in [0, 0.1) is 6.92 Å². The van der Waals surface area contributed by atoms with Crippen LogP contribution in [0.5, 0.6) is 5.75 Å². The normalized spacial score (nSPS) is 10.2. The van der Waals surface area contributed by atoms with Crippen molar-refractivity contribution in [3.8, 4) is 5.75 Å². The van der Waals surface area contributed by atoms with Gasteiger partial charge in [0, 0.05) is 13.1 Å². The Morgan fingerprint density at radius 1 is 1.32 bits per heavy atom. The lowest BCUT2D eigenvalue weighted by Crippen LogP contribution is -2.21. The van der Waals surface area contributed by atoms with E-state index in [4.69, 9.17) is 16.3 Å². The number of hydrogen-bond acceptors (Lipinski definition) is 5. The van der Waals surface area contributed by atoms with Crippen molar-refractivity contribution in [2.24, 2.45) is 0 Å². The summed E-state index contributed by atoms with van der Waals surface area (Å²) in [4.78, 5) is 11.9. The van der Waals surface area contributed by atoms with Gasteiger partial charge in [-0.15, -0.1) is 10.2 Å². The van der Waals surface area contributed by atoms with E-state index in [1.54, 1.807) is 7.11 Å². The summed E-state index contributed by atoms with van der Waals surface area (Å²) in [7, 11) is 3.09. The van der Waals surface area contributed by atoms with E-state index in [-0.39, 0.29) is 16.8 Å². The summed E-state index contributed by atoms with van der Waals surface area (Å²) in [5, 5.41) is 13.3. The molecular weight excluding hydrogens is 372 g/mol. The molecule has 0 unspecified atom stereocenters. The first-order chi connectivity index (χ1) is 10.5. The molecule has 22 heavy (non-hydrogen) atoms. The molecule has 0 bridgehead atoms. The lowest BCUT2D eigenvalue weighted by Gasteiger charge is -2.15. The van der Waals surface area contributed by atoms with Gasteiger partial charge in [0.1, 0.15) is 0 Å². The molecule has 0 spiro atoms. The summed E-state index contributed by atoms with van der Waals surface area (Å²) >= 11 is 9.36. The smallest absolute Gasteiger partial charge is 0.273 e. The average Bonchev–Trinajstić information content (AvgIpc) is 2.51. The number of amides is 1. The number of nitrogens with one attached hydrogen (secondary N) is 2. The molecule has 0 aliphatic carbocycles. The number of aromatic nitrogens is 2. The third-order valence-corrected chi connectivity index (χ3v) is 4.14. The van der Waals surface area contributed by atoms with Gasteiger partial charge in [0.25, 0.3) is 5.91 Å². The van der Waals surface area contributed by atoms with Gasteiger partial charge in [-0.2, -0.15) is 0 Å². The van der Waals surface area contributed by atoms with E-state index < -0.39 is 0 Å². The molecule has 2 N–H and O–H groups in total. The van der Waals surface area contributed by atoms with Crippen molar-refractivity contribution < 1.29 is 9.53 Å². The Kier molecular flexibility index (Phi) is 5.20. The number of rotatable bonds is 4. The molecule has 0 atom stereocenters. The van der Waals surface area contributed by atoms with Gasteiger partial charge in [-0.05, 0) is 34.5 Å². The minimum atomic E-state index is -0.364. The molecule has 1 heterocycles. The van der Waals surface area contributed by atoms with Crippen LogP contribution in [0.4, 0.5) is 11.4 Å². The number of carbonyl (C=O) groups is 1. The van der Waals surface area contributed by atoms with E-state index in [9.17, 15) is 4.79 Å². The van der Waals surface area contributed by atoms with Crippen molar-refractivity contribution in [3.63, 3.8) is 0 Å². The Balaban J connectivity index is 2.49. The van der Waals surface area contributed by atoms with Crippen LogP contribution in [0.2, 0.25) is 5.15 Å². The van der Waals surface area contributed by atoms with Gasteiger partial charge in [-0.3, -0.25) is 4.79 Å². The molecule has 0 aliphatic rings. The molecule has 0 radical (unpaired) electrons. The first-order valence-corrected chi connectivity index (χ1v) is 7.50. The fourth-order valence-corrected chi connectivity index (χ4v) is 2.50. The summed E-state index contributed by atoms with van der Waals surface area (Å²) in [6.45, 7) is 1.96. The lowest BCUT2D eigenvalue weighted by atomic mass is 10.2. The van der Waals surface area contributed by atoms with Crippen LogP contribution < -0.4 is 15.4 Å². The fourth-order valence-electron chi connectivity index (χ4n) is 1.85. The zero-order valence-electron chi connectivity index (χ0n) is 12.2. The predicted octanol–water partition coefficient (Wildman–Crippen LogP) is 3.31. The SMILES string of the molecule is CNC(=O)c1nnc(Cl)cc1Nc1ccc(C)c(Br)c1OC. The summed E-state index contributed by atoms with van der Waals surface area (Å²) < 4.78 is 6.24. The van der Waals surface area contributed by atoms with Gasteiger partial charge >= 0.3 is 0 Å². The number of nitrogens with zero attached hydrogens (tertiary/aromatic N) is 2. The molecule has 0 saturated carbocycles. The maximum Gasteiger partial charge on any atom is 0.273 e. The van der Waals surface area contributed by atoms with Gasteiger partial charge in [-0.25, -0.2) is 0 Å². The average molecular weight is 386 g/mol. The number of carbonyl (C=O) groups excluding carboxylic acids is 1. The topological polar surface area (TPSA) is 76.1 Å². The molecule has 2 aromatic rings. The number of methoxy groups -OCH3 is 1. The van der Waals surface area contributed by atoms with Crippen LogP contribution in [0.15, 0.2) is 22.7 Å². The van der Waals surface area contributed by atoms with Crippen LogP contribution >= 0.6 is 27.5 Å². The second-order valence-electron chi connectivity index (χ2n) is 4.41. The maximum atomic E-state index is 11.9. The molecular formula is C14H14BrClN4O2. The van der Waals surface area contributed by atoms with Crippen LogP contribution in [0.1, 0.15) is 16.1 Å². The molecule has 1 amide bonds. The standard InChI is InChI=1S/C14H14BrClN4O2/c1-7-4-5-8(13(22-3)11(7)15)18-9-6-10(16)19-20-12(9)14(21)17-2/h4-6H,1-3H3,(H,17,21)(H,18,19). The molecule has 6 nitrogen and oxygen atoms in total. The number of ether oxygens (including phenoxy) is 1. The van der Waals surface area contributed by atoms with E-state index in [2.05, 4.69) is 36.8 Å². The monoisotopic (exact) mass is 384 g/mol. The van der Waals surface area contributed by atoms with Crippen LogP contribution in [-0.2, 0) is 0 Å². The molecule has 0 saturated heterocycles. The number of anilines is 2. The van der Waals surface area contributed by atoms with Crippen molar-refractivity contribution in [1.29, 1.82) is 0 Å². The third-order valence-electron chi connectivity index (χ3n) is 2.97. The second kappa shape index (κ2) is 6.93. The van der Waals surface area contributed by atoms with Gasteiger partial charge in [0.15, 0.2) is 16.6 Å². The van der Waals surface area contributed by atoms with Gasteiger partial charge in [0.2, 0.25) is 0 Å². The number of halogens is 2. The highest BCUT2D eigenvalue weighted by Crippen LogP contribution is 2.37. The van der Waals surface area contributed by atoms with Crippen molar-refractivity contribution in [2.45, 2.75) is 6.92 Å². The lowest BCUT2D eigenvalue weighted by molar-refractivity contribution is 0.0958. The highest BCUT2D eigenvalue weighted by atomic mass is 79.9. The predicted molar refractivity (Wildman–Crippen MR) is 89.1 cm³/mol. The van der Waals surface area contributed by atoms with E-state index in [1.165, 1.54) is 13.1 Å². The minimum Gasteiger partial charge on any atom is -0.493 e. The molecule has 2 rings (SSSR count). The molecule has 8 heteroatoms. The first kappa shape index (κ1) is 16.5. The Morgan fingerprint density at radius 3 is 2.68 bits per heavy atom. The zero-order chi connectivity index (χ0) is 16.3. The number of benzene rings is 1. The third kappa shape index (κ3) is 3.31. The van der Waals surface area contributed by atoms with Crippen molar-refractivity contribution in [1.82, 2.24) is 15.5 Å². The van der Waals surface area contributed by atoms with Crippen molar-refractivity contribution >= 4 is 44.8 Å². The molecule has 1 aromatic heterocycles. The van der Waals surface area contributed by atoms with E-state index >= 15 is 0 Å². The Hall–Kier alpha value is -1.86. The van der Waals surface area contributed by atoms with E-state index in [0.717, 1.165) is 10.0 Å². The maximum absolute atomic E-state index is 11.9. The summed E-state index contributed by atoms with van der Waals surface area (Å²) in [6, 6.07) is 5.30. The van der Waals surface area contributed by atoms with E-state index in [0.29, 0.717) is 17.1 Å². The Bertz CT molecular complexity index is 724. The van der Waals surface area contributed by atoms with E-state index in [1.807, 2.05) is 19.1 Å². The fraction of sp³-hybridized carbons (Fsp3) is 0.214. The minimum absolute atomic E-state index is 0.144.